The van der Waals surface area contributed by atoms with Gasteiger partial charge in [0.15, 0.2) is 23.9 Å². The van der Waals surface area contributed by atoms with Crippen molar-refractivity contribution in [1.82, 2.24) is 4.90 Å². The molecule has 6 nitrogen and oxygen atoms in total. The molecule has 2 aliphatic heterocycles. The third-order valence-corrected chi connectivity index (χ3v) is 7.42. The lowest BCUT2D eigenvalue weighted by atomic mass is 9.71. The summed E-state index contributed by atoms with van der Waals surface area (Å²) in [5.41, 5.74) is 3.10. The molecule has 0 bridgehead atoms. The summed E-state index contributed by atoms with van der Waals surface area (Å²) in [6, 6.07) is 11.2. The van der Waals surface area contributed by atoms with Gasteiger partial charge in [-0.3, -0.25) is 9.59 Å². The molecule has 6 heteroatoms. The Labute approximate surface area is 194 Å². The van der Waals surface area contributed by atoms with Gasteiger partial charge in [-0.15, -0.1) is 0 Å². The number of carbonyl (C=O) groups excluding carboxylic acids is 2. The van der Waals surface area contributed by atoms with Gasteiger partial charge in [0, 0.05) is 23.9 Å². The van der Waals surface area contributed by atoms with Crippen LogP contribution in [0.4, 0.5) is 0 Å². The van der Waals surface area contributed by atoms with Crippen molar-refractivity contribution in [2.45, 2.75) is 57.4 Å². The van der Waals surface area contributed by atoms with Gasteiger partial charge in [-0.2, -0.15) is 0 Å². The Hall–Kier alpha value is -3.02. The quantitative estimate of drug-likeness (QED) is 0.611. The van der Waals surface area contributed by atoms with E-state index in [9.17, 15) is 9.59 Å². The van der Waals surface area contributed by atoms with Crippen molar-refractivity contribution < 1.29 is 23.8 Å². The van der Waals surface area contributed by atoms with Crippen molar-refractivity contribution in [3.63, 3.8) is 0 Å². The first kappa shape index (κ1) is 21.8. The molecule has 1 atom stereocenters. The third kappa shape index (κ3) is 3.96. The molecule has 1 aliphatic carbocycles. The average Bonchev–Trinajstić information content (AvgIpc) is 3.33. The van der Waals surface area contributed by atoms with Gasteiger partial charge in [-0.1, -0.05) is 19.8 Å². The number of rotatable bonds is 5. The van der Waals surface area contributed by atoms with Gasteiger partial charge in [0.25, 0.3) is 5.91 Å². The molecular weight excluding hydrogens is 418 g/mol. The second-order valence-electron chi connectivity index (χ2n) is 9.36. The van der Waals surface area contributed by atoms with Crippen LogP contribution in [0.2, 0.25) is 0 Å². The van der Waals surface area contributed by atoms with E-state index in [0.29, 0.717) is 37.5 Å². The molecule has 1 fully saturated rings. The molecule has 1 unspecified atom stereocenters. The Bertz CT molecular complexity index is 1050. The molecule has 0 saturated heterocycles. The number of ether oxygens (including phenoxy) is 3. The lowest BCUT2D eigenvalue weighted by Crippen LogP contribution is -2.50. The average molecular weight is 450 g/mol. The summed E-state index contributed by atoms with van der Waals surface area (Å²) in [7, 11) is 0. The van der Waals surface area contributed by atoms with Crippen LogP contribution in [0.3, 0.4) is 0 Å². The first-order valence-electron chi connectivity index (χ1n) is 12.0. The summed E-state index contributed by atoms with van der Waals surface area (Å²) in [6.45, 7) is 5.72. The summed E-state index contributed by atoms with van der Waals surface area (Å²) in [5.74, 6) is 2.26. The van der Waals surface area contributed by atoms with E-state index >= 15 is 0 Å². The molecule has 33 heavy (non-hydrogen) atoms. The Morgan fingerprint density at radius 2 is 1.73 bits per heavy atom. The van der Waals surface area contributed by atoms with E-state index in [4.69, 9.17) is 14.2 Å². The van der Waals surface area contributed by atoms with Crippen LogP contribution in [-0.2, 0) is 10.2 Å². The summed E-state index contributed by atoms with van der Waals surface area (Å²) in [6.07, 6.45) is 4.95. The topological polar surface area (TPSA) is 65.1 Å². The molecule has 174 valence electrons. The second-order valence-corrected chi connectivity index (χ2v) is 9.36. The van der Waals surface area contributed by atoms with Gasteiger partial charge < -0.3 is 19.1 Å². The Morgan fingerprint density at radius 3 is 2.39 bits per heavy atom. The summed E-state index contributed by atoms with van der Waals surface area (Å²) < 4.78 is 17.5. The molecule has 1 amide bonds. The van der Waals surface area contributed by atoms with Crippen molar-refractivity contribution >= 4 is 11.7 Å². The Morgan fingerprint density at radius 1 is 1.06 bits per heavy atom. The largest absolute Gasteiger partial charge is 0.486 e. The molecule has 1 spiro atoms. The first-order chi connectivity index (χ1) is 16.0. The summed E-state index contributed by atoms with van der Waals surface area (Å²) >= 11 is 0. The lowest BCUT2D eigenvalue weighted by Gasteiger charge is -2.46. The maximum absolute atomic E-state index is 13.3. The smallest absolute Gasteiger partial charge is 0.261 e. The zero-order valence-corrected chi connectivity index (χ0v) is 19.4. The van der Waals surface area contributed by atoms with E-state index in [2.05, 4.69) is 19.1 Å². The van der Waals surface area contributed by atoms with E-state index in [1.807, 2.05) is 11.8 Å². The molecule has 0 aromatic heterocycles. The van der Waals surface area contributed by atoms with Crippen LogP contribution >= 0.6 is 0 Å². The van der Waals surface area contributed by atoms with Crippen LogP contribution in [0.1, 0.15) is 73.5 Å². The van der Waals surface area contributed by atoms with Crippen molar-refractivity contribution in [3.05, 3.63) is 53.1 Å². The molecule has 2 aromatic rings. The Kier molecular flexibility index (Phi) is 5.77. The monoisotopic (exact) mass is 449 g/mol. The molecular formula is C27H31NO5. The molecule has 3 aliphatic rings. The number of amides is 1. The third-order valence-electron chi connectivity index (χ3n) is 7.42. The van der Waals surface area contributed by atoms with Crippen molar-refractivity contribution in [3.8, 4) is 17.2 Å². The summed E-state index contributed by atoms with van der Waals surface area (Å²) in [4.78, 5) is 27.1. The van der Waals surface area contributed by atoms with E-state index in [-0.39, 0.29) is 29.8 Å². The van der Waals surface area contributed by atoms with Gasteiger partial charge >= 0.3 is 0 Å². The lowest BCUT2D eigenvalue weighted by molar-refractivity contribution is -0.137. The highest BCUT2D eigenvalue weighted by Gasteiger charge is 2.46. The number of nitrogens with zero attached hydrogens (tertiary/aromatic N) is 1. The van der Waals surface area contributed by atoms with Crippen LogP contribution in [0.25, 0.3) is 0 Å². The van der Waals surface area contributed by atoms with E-state index in [1.165, 1.54) is 18.4 Å². The number of fused-ring (bicyclic) bond motifs is 3. The number of Topliss-reactive ketones (excluding diaryl/α,β-unsaturated/α-hetero) is 1. The summed E-state index contributed by atoms with van der Waals surface area (Å²) in [5, 5.41) is 0. The van der Waals surface area contributed by atoms with Crippen LogP contribution in [0, 0.1) is 0 Å². The second kappa shape index (κ2) is 8.73. The SMILES string of the molecule is CCC(=O)c1ccc(OCC(=O)N2CC3(CCCC3)c3cc4c(cc3C2C)OCCO4)cc1. The van der Waals surface area contributed by atoms with Gasteiger partial charge in [0.1, 0.15) is 19.0 Å². The normalized spacial score (nSPS) is 20.4. The zero-order valence-electron chi connectivity index (χ0n) is 19.4. The minimum atomic E-state index is -0.0669. The van der Waals surface area contributed by atoms with Crippen LogP contribution in [0.15, 0.2) is 36.4 Å². The number of benzene rings is 2. The van der Waals surface area contributed by atoms with E-state index in [1.54, 1.807) is 24.3 Å². The van der Waals surface area contributed by atoms with Gasteiger partial charge in [-0.05, 0) is 67.3 Å². The first-order valence-corrected chi connectivity index (χ1v) is 12.0. The minimum Gasteiger partial charge on any atom is -0.486 e. The fraction of sp³-hybridized carbons (Fsp3) is 0.481. The van der Waals surface area contributed by atoms with Gasteiger partial charge in [0.2, 0.25) is 0 Å². The van der Waals surface area contributed by atoms with Crippen LogP contribution < -0.4 is 14.2 Å². The van der Waals surface area contributed by atoms with Crippen molar-refractivity contribution in [2.75, 3.05) is 26.4 Å². The molecule has 1 saturated carbocycles. The Balaban J connectivity index is 1.36. The molecule has 0 radical (unpaired) electrons. The number of hydrogen-bond donors (Lipinski definition) is 0. The molecule has 2 heterocycles. The highest BCUT2D eigenvalue weighted by molar-refractivity contribution is 5.95. The highest BCUT2D eigenvalue weighted by Crippen LogP contribution is 2.51. The fourth-order valence-corrected chi connectivity index (χ4v) is 5.58. The predicted octanol–water partition coefficient (Wildman–Crippen LogP) is 4.84. The van der Waals surface area contributed by atoms with Gasteiger partial charge in [-0.25, -0.2) is 0 Å². The van der Waals surface area contributed by atoms with Crippen LogP contribution in [0.5, 0.6) is 17.2 Å². The molecule has 0 N–H and O–H groups in total. The maximum atomic E-state index is 13.3. The fourth-order valence-electron chi connectivity index (χ4n) is 5.58. The molecule has 5 rings (SSSR count). The number of carbonyl (C=O) groups is 2. The minimum absolute atomic E-state index is 0.0250. The number of ketones is 1. The highest BCUT2D eigenvalue weighted by atomic mass is 16.6. The van der Waals surface area contributed by atoms with Crippen molar-refractivity contribution in [2.24, 2.45) is 0 Å². The van der Waals surface area contributed by atoms with E-state index in [0.717, 1.165) is 29.9 Å². The zero-order chi connectivity index (χ0) is 23.0. The standard InChI is InChI=1S/C27H31NO5/c1-3-23(29)19-6-8-20(9-7-19)33-16-26(30)28-17-27(10-4-5-11-27)22-15-25-24(31-12-13-32-25)14-21(22)18(28)2/h6-9,14-15,18H,3-5,10-13,16-17H2,1-2H3. The number of hydrogen-bond acceptors (Lipinski definition) is 5. The molecule has 2 aromatic carbocycles. The van der Waals surface area contributed by atoms with Crippen LogP contribution in [-0.4, -0.2) is 43.0 Å². The van der Waals surface area contributed by atoms with E-state index < -0.39 is 0 Å². The van der Waals surface area contributed by atoms with Gasteiger partial charge in [0.05, 0.1) is 6.04 Å². The van der Waals surface area contributed by atoms with Crippen molar-refractivity contribution in [1.29, 1.82) is 0 Å². The predicted molar refractivity (Wildman–Crippen MR) is 124 cm³/mol. The maximum Gasteiger partial charge on any atom is 0.261 e.